The average molecular weight is 412 g/mol. The van der Waals surface area contributed by atoms with E-state index in [1.807, 2.05) is 19.1 Å². The molecule has 1 saturated heterocycles. The van der Waals surface area contributed by atoms with Crippen LogP contribution in [0.15, 0.2) is 30.5 Å². The monoisotopic (exact) mass is 412 g/mol. The Morgan fingerprint density at radius 3 is 2.60 bits per heavy atom. The Morgan fingerprint density at radius 1 is 1.17 bits per heavy atom. The minimum Gasteiger partial charge on any atom is -0.335 e. The molecule has 5 nitrogen and oxygen atoms in total. The first-order chi connectivity index (χ1) is 14.3. The smallest absolute Gasteiger partial charge is 0.335 e. The molecule has 0 radical (unpaired) electrons. The second kappa shape index (κ2) is 6.73. The Morgan fingerprint density at radius 2 is 1.90 bits per heavy atom. The molecule has 2 fully saturated rings. The topological polar surface area (TPSA) is 50.5 Å². The first-order valence-corrected chi connectivity index (χ1v) is 9.91. The molecule has 3 heterocycles. The van der Waals surface area contributed by atoms with Crippen molar-refractivity contribution >= 4 is 11.6 Å². The van der Waals surface area contributed by atoms with Gasteiger partial charge in [-0.25, -0.2) is 0 Å². The van der Waals surface area contributed by atoms with Crippen molar-refractivity contribution in [2.75, 3.05) is 13.1 Å². The number of fused-ring (bicyclic) bond motifs is 2. The number of rotatable bonds is 2. The van der Waals surface area contributed by atoms with Gasteiger partial charge in [0.05, 0.1) is 0 Å². The van der Waals surface area contributed by atoms with Gasteiger partial charge in [0.1, 0.15) is 5.56 Å². The lowest BCUT2D eigenvalue weighted by atomic mass is 9.92. The molecule has 2 aromatic heterocycles. The van der Waals surface area contributed by atoms with Crippen LogP contribution < -0.4 is 0 Å². The van der Waals surface area contributed by atoms with E-state index >= 15 is 0 Å². The van der Waals surface area contributed by atoms with E-state index in [2.05, 4.69) is 22.3 Å². The maximum absolute atomic E-state index is 13.4. The molecule has 2 unspecified atom stereocenters. The largest absolute Gasteiger partial charge is 0.424 e. The van der Waals surface area contributed by atoms with Crippen molar-refractivity contribution in [1.29, 1.82) is 0 Å². The molecule has 0 spiro atoms. The van der Waals surface area contributed by atoms with Crippen LogP contribution in [-0.4, -0.2) is 38.5 Å². The van der Waals surface area contributed by atoms with E-state index in [9.17, 15) is 18.0 Å². The van der Waals surface area contributed by atoms with Gasteiger partial charge in [-0.2, -0.15) is 13.2 Å². The average Bonchev–Trinajstić information content (AvgIpc) is 3.39. The standard InChI is InChI=1S/C22H19F3N4O/c1-13-6-7-29-19(8-13)26-27-20(29)21(30)28-11-15-9-14(10-16(15)12-28)17-4-2-3-5-18(17)22(23,24)25/h2,4,6-8,14-16H,9-12H2,1H3. The zero-order valence-corrected chi connectivity index (χ0v) is 16.3. The zero-order valence-electron chi connectivity index (χ0n) is 16.3. The minimum absolute atomic E-state index is 0.170. The van der Waals surface area contributed by atoms with E-state index in [0.29, 0.717) is 37.1 Å². The molecule has 5 rings (SSSR count). The predicted octanol–water partition coefficient (Wildman–Crippen LogP) is 3.92. The van der Waals surface area contributed by atoms with Gasteiger partial charge in [0.2, 0.25) is 5.82 Å². The molecule has 1 aromatic carbocycles. The highest BCUT2D eigenvalue weighted by atomic mass is 19.4. The highest BCUT2D eigenvalue weighted by Gasteiger charge is 2.45. The number of aromatic nitrogens is 3. The van der Waals surface area contributed by atoms with Gasteiger partial charge in [-0.3, -0.25) is 9.20 Å². The van der Waals surface area contributed by atoms with Gasteiger partial charge in [-0.15, -0.1) is 10.2 Å². The van der Waals surface area contributed by atoms with Gasteiger partial charge in [0, 0.05) is 19.3 Å². The molecule has 1 aliphatic heterocycles. The molecule has 3 aromatic rings. The van der Waals surface area contributed by atoms with Crippen molar-refractivity contribution in [3.05, 3.63) is 65.1 Å². The molecule has 0 N–H and O–H groups in total. The third-order valence-corrected chi connectivity index (χ3v) is 6.35. The Labute approximate surface area is 171 Å². The summed E-state index contributed by atoms with van der Waals surface area (Å²) in [6.07, 6.45) is -1.38. The Hall–Kier alpha value is -3.08. The number of aryl methyl sites for hydroxylation is 1. The summed E-state index contributed by atoms with van der Waals surface area (Å²) in [6, 6.07) is 11.4. The SMILES string of the molecule is Cc1ccn2c(C(=O)N3CC4CC(c5ccc#cc5C(F)(F)F)CC4C3)nnc2c1. The molecule has 0 bridgehead atoms. The summed E-state index contributed by atoms with van der Waals surface area (Å²) < 4.78 is 41.7. The fourth-order valence-electron chi connectivity index (χ4n) is 4.98. The summed E-state index contributed by atoms with van der Waals surface area (Å²) in [7, 11) is 0. The van der Waals surface area contributed by atoms with E-state index < -0.39 is 11.7 Å². The van der Waals surface area contributed by atoms with Crippen LogP contribution in [0.2, 0.25) is 0 Å². The first-order valence-electron chi connectivity index (χ1n) is 9.91. The molecular weight excluding hydrogens is 393 g/mol. The quantitative estimate of drug-likeness (QED) is 0.641. The van der Waals surface area contributed by atoms with Crippen LogP contribution in [-0.2, 0) is 6.18 Å². The maximum atomic E-state index is 13.4. The van der Waals surface area contributed by atoms with Gasteiger partial charge in [-0.05, 0) is 72.9 Å². The van der Waals surface area contributed by atoms with Crippen LogP contribution >= 0.6 is 0 Å². The van der Waals surface area contributed by atoms with Gasteiger partial charge in [-0.1, -0.05) is 12.1 Å². The summed E-state index contributed by atoms with van der Waals surface area (Å²) >= 11 is 0. The number of halogens is 3. The minimum atomic E-state index is -4.43. The number of amides is 1. The fourth-order valence-corrected chi connectivity index (χ4v) is 4.98. The first kappa shape index (κ1) is 18.9. The van der Waals surface area contributed by atoms with Crippen molar-refractivity contribution in [3.63, 3.8) is 0 Å². The number of hydrogen-bond acceptors (Lipinski definition) is 3. The van der Waals surface area contributed by atoms with Crippen molar-refractivity contribution in [2.24, 2.45) is 11.8 Å². The van der Waals surface area contributed by atoms with Crippen LogP contribution in [0.3, 0.4) is 0 Å². The van der Waals surface area contributed by atoms with Gasteiger partial charge >= 0.3 is 6.18 Å². The lowest BCUT2D eigenvalue weighted by Crippen LogP contribution is -2.31. The normalized spacial score (nSPS) is 23.6. The molecule has 2 atom stereocenters. The summed E-state index contributed by atoms with van der Waals surface area (Å²) in [4.78, 5) is 14.8. The summed E-state index contributed by atoms with van der Waals surface area (Å²) in [5.41, 5.74) is 1.24. The second-order valence-corrected chi connectivity index (χ2v) is 8.29. The van der Waals surface area contributed by atoms with Gasteiger partial charge in [0.15, 0.2) is 5.65 Å². The molecule has 1 amide bonds. The van der Waals surface area contributed by atoms with E-state index in [0.717, 1.165) is 5.56 Å². The summed E-state index contributed by atoms with van der Waals surface area (Å²) in [5, 5.41) is 8.15. The second-order valence-electron chi connectivity index (χ2n) is 8.29. The number of alkyl halides is 3. The van der Waals surface area contributed by atoms with Gasteiger partial charge in [0.25, 0.3) is 5.91 Å². The molecule has 154 valence electrons. The van der Waals surface area contributed by atoms with E-state index in [1.54, 1.807) is 15.5 Å². The van der Waals surface area contributed by atoms with Crippen LogP contribution in [0.4, 0.5) is 13.2 Å². The fraction of sp³-hybridized carbons (Fsp3) is 0.409. The van der Waals surface area contributed by atoms with Crippen LogP contribution in [0.1, 0.15) is 46.1 Å². The number of hydrogen-bond donors (Lipinski definition) is 0. The molecule has 2 aliphatic rings. The number of nitrogens with zero attached hydrogens (tertiary/aromatic N) is 4. The van der Waals surface area contributed by atoms with Crippen molar-refractivity contribution in [3.8, 4) is 0 Å². The number of pyridine rings is 1. The Bertz CT molecular complexity index is 1110. The molecule has 30 heavy (non-hydrogen) atoms. The number of likely N-dealkylation sites (tertiary alicyclic amines) is 1. The van der Waals surface area contributed by atoms with Crippen molar-refractivity contribution in [2.45, 2.75) is 31.9 Å². The Kier molecular flexibility index (Phi) is 4.24. The molecule has 1 aliphatic carbocycles. The highest BCUT2D eigenvalue weighted by Crippen LogP contribution is 2.48. The lowest BCUT2D eigenvalue weighted by Gasteiger charge is -2.20. The van der Waals surface area contributed by atoms with Crippen LogP contribution in [0.25, 0.3) is 5.65 Å². The molecule has 1 saturated carbocycles. The van der Waals surface area contributed by atoms with E-state index in [-0.39, 0.29) is 29.5 Å². The molecular formula is C22H19F3N4O. The maximum Gasteiger partial charge on any atom is 0.424 e. The van der Waals surface area contributed by atoms with Crippen LogP contribution in [0.5, 0.6) is 0 Å². The lowest BCUT2D eigenvalue weighted by molar-refractivity contribution is -0.138. The highest BCUT2D eigenvalue weighted by molar-refractivity contribution is 5.91. The zero-order chi connectivity index (χ0) is 21.0. The van der Waals surface area contributed by atoms with Crippen LogP contribution in [0, 0.1) is 30.9 Å². The number of carbonyl (C=O) groups is 1. The Balaban J connectivity index is 1.32. The van der Waals surface area contributed by atoms with E-state index in [4.69, 9.17) is 0 Å². The van der Waals surface area contributed by atoms with Crippen molar-refractivity contribution in [1.82, 2.24) is 19.5 Å². The number of carbonyl (C=O) groups excluding carboxylic acids is 1. The molecule has 8 heteroatoms. The van der Waals surface area contributed by atoms with Gasteiger partial charge < -0.3 is 4.90 Å². The predicted molar refractivity (Wildman–Crippen MR) is 102 cm³/mol. The third kappa shape index (κ3) is 3.09. The summed E-state index contributed by atoms with van der Waals surface area (Å²) in [6.45, 7) is 3.01. The summed E-state index contributed by atoms with van der Waals surface area (Å²) in [5.74, 6) is 0.290. The third-order valence-electron chi connectivity index (χ3n) is 6.35. The van der Waals surface area contributed by atoms with Crippen molar-refractivity contribution < 1.29 is 18.0 Å². The van der Waals surface area contributed by atoms with E-state index in [1.165, 1.54) is 12.1 Å².